The molecular weight excluding hydrogens is 202 g/mol. The number of imidazole rings is 1. The van der Waals surface area contributed by atoms with Gasteiger partial charge in [0.05, 0.1) is 12.0 Å². The first kappa shape index (κ1) is 13.2. The van der Waals surface area contributed by atoms with Crippen LogP contribution in [0.5, 0.6) is 0 Å². The van der Waals surface area contributed by atoms with Crippen LogP contribution in [0, 0.1) is 5.41 Å². The summed E-state index contributed by atoms with van der Waals surface area (Å²) in [5.74, 6) is 0. The molecule has 92 valence electrons. The van der Waals surface area contributed by atoms with E-state index in [1.807, 2.05) is 26.4 Å². The predicted molar refractivity (Wildman–Crippen MR) is 65.1 cm³/mol. The first-order chi connectivity index (χ1) is 7.59. The lowest BCUT2D eigenvalue weighted by Gasteiger charge is -2.22. The summed E-state index contributed by atoms with van der Waals surface area (Å²) in [5, 5.41) is 12.5. The van der Waals surface area contributed by atoms with Crippen molar-refractivity contribution in [1.82, 2.24) is 14.9 Å². The summed E-state index contributed by atoms with van der Waals surface area (Å²) >= 11 is 0. The number of hydrogen-bond donors (Lipinski definition) is 2. The molecule has 0 aliphatic rings. The van der Waals surface area contributed by atoms with E-state index < -0.39 is 0 Å². The van der Waals surface area contributed by atoms with Gasteiger partial charge in [-0.05, 0) is 6.42 Å². The first-order valence-corrected chi connectivity index (χ1v) is 5.89. The second-order valence-electron chi connectivity index (χ2n) is 5.00. The maximum atomic E-state index is 9.13. The predicted octanol–water partition coefficient (Wildman–Crippen LogP) is 1.40. The molecule has 0 unspecified atom stereocenters. The maximum Gasteiger partial charge on any atom is 0.0948 e. The van der Waals surface area contributed by atoms with Crippen LogP contribution in [0.2, 0.25) is 0 Å². The summed E-state index contributed by atoms with van der Waals surface area (Å²) in [6, 6.07) is 0. The highest BCUT2D eigenvalue weighted by Crippen LogP contribution is 2.11. The minimum absolute atomic E-state index is 0.0599. The summed E-state index contributed by atoms with van der Waals surface area (Å²) in [4.78, 5) is 4.15. The number of rotatable bonds is 7. The third kappa shape index (κ3) is 3.94. The molecule has 0 aliphatic heterocycles. The van der Waals surface area contributed by atoms with E-state index in [9.17, 15) is 0 Å². The summed E-state index contributed by atoms with van der Waals surface area (Å²) in [5.41, 5.74) is 1.14. The number of aliphatic hydroxyl groups is 1. The van der Waals surface area contributed by atoms with Crippen molar-refractivity contribution in [3.8, 4) is 0 Å². The molecule has 1 rings (SSSR count). The highest BCUT2D eigenvalue weighted by molar-refractivity contribution is 4.98. The maximum absolute atomic E-state index is 9.13. The zero-order valence-corrected chi connectivity index (χ0v) is 10.5. The molecule has 1 aromatic rings. The molecule has 0 spiro atoms. The number of hydrogen-bond acceptors (Lipinski definition) is 3. The van der Waals surface area contributed by atoms with Crippen LogP contribution < -0.4 is 5.32 Å². The Balaban J connectivity index is 2.39. The highest BCUT2D eigenvalue weighted by Gasteiger charge is 2.15. The van der Waals surface area contributed by atoms with Crippen LogP contribution in [-0.4, -0.2) is 27.8 Å². The Morgan fingerprint density at radius 3 is 2.88 bits per heavy atom. The Morgan fingerprint density at radius 1 is 1.50 bits per heavy atom. The molecule has 4 nitrogen and oxygen atoms in total. The standard InChI is InChI=1S/C12H23N3O/c1-4-5-15-10-14-7-11(15)6-13-8-12(2,3)9-16/h7,10,13,16H,4-6,8-9H2,1-3H3. The van der Waals surface area contributed by atoms with E-state index >= 15 is 0 Å². The minimum Gasteiger partial charge on any atom is -0.396 e. The van der Waals surface area contributed by atoms with Crippen molar-refractivity contribution in [2.75, 3.05) is 13.2 Å². The van der Waals surface area contributed by atoms with Gasteiger partial charge in [-0.2, -0.15) is 0 Å². The Kier molecular flexibility index (Phi) is 4.96. The average Bonchev–Trinajstić information content (AvgIpc) is 2.66. The smallest absolute Gasteiger partial charge is 0.0948 e. The summed E-state index contributed by atoms with van der Waals surface area (Å²) in [6.07, 6.45) is 4.89. The Labute approximate surface area is 97.7 Å². The summed E-state index contributed by atoms with van der Waals surface area (Å²) in [6.45, 7) is 9.08. The molecule has 0 bridgehead atoms. The molecule has 4 heteroatoms. The zero-order valence-electron chi connectivity index (χ0n) is 10.5. The van der Waals surface area contributed by atoms with E-state index in [-0.39, 0.29) is 12.0 Å². The van der Waals surface area contributed by atoms with Crippen molar-refractivity contribution in [3.63, 3.8) is 0 Å². The fourth-order valence-electron chi connectivity index (χ4n) is 1.52. The molecular formula is C12H23N3O. The lowest BCUT2D eigenvalue weighted by atomic mass is 9.95. The first-order valence-electron chi connectivity index (χ1n) is 5.89. The van der Waals surface area contributed by atoms with Gasteiger partial charge in [0, 0.05) is 37.9 Å². The molecule has 0 fully saturated rings. The summed E-state index contributed by atoms with van der Waals surface area (Å²) in [7, 11) is 0. The van der Waals surface area contributed by atoms with Crippen LogP contribution in [0.15, 0.2) is 12.5 Å². The monoisotopic (exact) mass is 225 g/mol. The van der Waals surface area contributed by atoms with Gasteiger partial charge in [0.25, 0.3) is 0 Å². The topological polar surface area (TPSA) is 50.1 Å². The van der Waals surface area contributed by atoms with Crippen molar-refractivity contribution >= 4 is 0 Å². The molecule has 0 aliphatic carbocycles. The van der Waals surface area contributed by atoms with E-state index in [0.29, 0.717) is 0 Å². The van der Waals surface area contributed by atoms with E-state index in [0.717, 1.165) is 26.1 Å². The number of nitrogens with zero attached hydrogens (tertiary/aromatic N) is 2. The van der Waals surface area contributed by atoms with Crippen molar-refractivity contribution in [2.24, 2.45) is 5.41 Å². The third-order valence-electron chi connectivity index (χ3n) is 2.60. The Bertz CT molecular complexity index is 307. The van der Waals surface area contributed by atoms with Crippen LogP contribution in [0.3, 0.4) is 0 Å². The van der Waals surface area contributed by atoms with Crippen molar-refractivity contribution in [2.45, 2.75) is 40.3 Å². The van der Waals surface area contributed by atoms with Gasteiger partial charge in [0.15, 0.2) is 0 Å². The fraction of sp³-hybridized carbons (Fsp3) is 0.750. The SMILES string of the molecule is CCCn1cncc1CNCC(C)(C)CO. The van der Waals surface area contributed by atoms with Crippen LogP contribution >= 0.6 is 0 Å². The van der Waals surface area contributed by atoms with E-state index in [1.165, 1.54) is 5.69 Å². The molecule has 0 atom stereocenters. The van der Waals surface area contributed by atoms with E-state index in [2.05, 4.69) is 21.8 Å². The second kappa shape index (κ2) is 6.01. The van der Waals surface area contributed by atoms with Crippen molar-refractivity contribution in [1.29, 1.82) is 0 Å². The van der Waals surface area contributed by atoms with E-state index in [4.69, 9.17) is 5.11 Å². The molecule has 0 aromatic carbocycles. The average molecular weight is 225 g/mol. The highest BCUT2D eigenvalue weighted by atomic mass is 16.3. The van der Waals surface area contributed by atoms with Crippen LogP contribution in [0.4, 0.5) is 0 Å². The van der Waals surface area contributed by atoms with Crippen LogP contribution in [-0.2, 0) is 13.1 Å². The van der Waals surface area contributed by atoms with Gasteiger partial charge < -0.3 is 15.0 Å². The Hall–Kier alpha value is -0.870. The van der Waals surface area contributed by atoms with Gasteiger partial charge in [-0.25, -0.2) is 4.98 Å². The van der Waals surface area contributed by atoms with E-state index in [1.54, 1.807) is 0 Å². The minimum atomic E-state index is -0.0599. The number of aryl methyl sites for hydroxylation is 1. The van der Waals surface area contributed by atoms with Gasteiger partial charge >= 0.3 is 0 Å². The number of aliphatic hydroxyl groups excluding tert-OH is 1. The van der Waals surface area contributed by atoms with Crippen LogP contribution in [0.25, 0.3) is 0 Å². The largest absolute Gasteiger partial charge is 0.396 e. The fourth-order valence-corrected chi connectivity index (χ4v) is 1.52. The van der Waals surface area contributed by atoms with Gasteiger partial charge in [0.2, 0.25) is 0 Å². The molecule has 0 amide bonds. The van der Waals surface area contributed by atoms with Gasteiger partial charge in [-0.3, -0.25) is 0 Å². The van der Waals surface area contributed by atoms with Gasteiger partial charge in [-0.1, -0.05) is 20.8 Å². The molecule has 0 radical (unpaired) electrons. The van der Waals surface area contributed by atoms with Crippen LogP contribution in [0.1, 0.15) is 32.9 Å². The summed E-state index contributed by atoms with van der Waals surface area (Å²) < 4.78 is 2.17. The number of nitrogens with one attached hydrogen (secondary N) is 1. The quantitative estimate of drug-likeness (QED) is 0.737. The zero-order chi connectivity index (χ0) is 12.0. The Morgan fingerprint density at radius 2 is 2.25 bits per heavy atom. The second-order valence-corrected chi connectivity index (χ2v) is 5.00. The molecule has 0 saturated carbocycles. The lowest BCUT2D eigenvalue weighted by Crippen LogP contribution is -2.32. The van der Waals surface area contributed by atoms with Gasteiger partial charge in [-0.15, -0.1) is 0 Å². The van der Waals surface area contributed by atoms with Crippen molar-refractivity contribution in [3.05, 3.63) is 18.2 Å². The van der Waals surface area contributed by atoms with Gasteiger partial charge in [0.1, 0.15) is 0 Å². The van der Waals surface area contributed by atoms with Crippen molar-refractivity contribution < 1.29 is 5.11 Å². The normalized spacial score (nSPS) is 12.0. The molecule has 16 heavy (non-hydrogen) atoms. The molecule has 0 saturated heterocycles. The lowest BCUT2D eigenvalue weighted by molar-refractivity contribution is 0.156. The molecule has 1 heterocycles. The molecule has 1 aromatic heterocycles. The molecule has 2 N–H and O–H groups in total. The number of aromatic nitrogens is 2. The third-order valence-corrected chi connectivity index (χ3v) is 2.60.